The standard InChI is InChI=1S/C28H38F3N/c1-32(2)27-19-18-24(25-16-9-10-17-26(25)27)23-15-12-14-22(21-23)13-8-6-4-3-5-7-11-20-28(29,30)31/h9-10,12,14-17,21,24,27H,3-8,11,13,18-20H2,1-2H3. The van der Waals surface area contributed by atoms with Gasteiger partial charge in [-0.3, -0.25) is 0 Å². The van der Waals surface area contributed by atoms with Crippen LogP contribution >= 0.6 is 0 Å². The Morgan fingerprint density at radius 1 is 0.781 bits per heavy atom. The van der Waals surface area contributed by atoms with Gasteiger partial charge in [0, 0.05) is 18.4 Å². The van der Waals surface area contributed by atoms with Crippen LogP contribution in [0.15, 0.2) is 48.5 Å². The molecule has 0 radical (unpaired) electrons. The van der Waals surface area contributed by atoms with Crippen molar-refractivity contribution in [2.24, 2.45) is 0 Å². The summed E-state index contributed by atoms with van der Waals surface area (Å²) in [5.41, 5.74) is 5.77. The first-order chi connectivity index (χ1) is 15.3. The van der Waals surface area contributed by atoms with Crippen LogP contribution in [0.2, 0.25) is 0 Å². The highest BCUT2D eigenvalue weighted by atomic mass is 19.4. The van der Waals surface area contributed by atoms with Gasteiger partial charge < -0.3 is 4.90 Å². The number of hydrogen-bond donors (Lipinski definition) is 0. The number of unbranched alkanes of at least 4 members (excludes halogenated alkanes) is 6. The largest absolute Gasteiger partial charge is 0.389 e. The van der Waals surface area contributed by atoms with E-state index in [0.29, 0.717) is 18.4 Å². The highest BCUT2D eigenvalue weighted by Crippen LogP contribution is 2.43. The molecule has 1 aliphatic carbocycles. The van der Waals surface area contributed by atoms with E-state index in [4.69, 9.17) is 0 Å². The minimum absolute atomic E-state index is 0.274. The lowest BCUT2D eigenvalue weighted by molar-refractivity contribution is -0.135. The molecule has 0 bridgehead atoms. The molecule has 2 aromatic carbocycles. The molecule has 0 amide bonds. The molecular formula is C28H38F3N. The molecule has 2 aromatic rings. The molecular weight excluding hydrogens is 407 g/mol. The molecule has 0 saturated heterocycles. The van der Waals surface area contributed by atoms with Crippen molar-refractivity contribution in [2.45, 2.75) is 88.8 Å². The number of nitrogens with zero attached hydrogens (tertiary/aromatic N) is 1. The van der Waals surface area contributed by atoms with E-state index < -0.39 is 12.6 Å². The van der Waals surface area contributed by atoms with E-state index in [1.807, 2.05) is 0 Å². The van der Waals surface area contributed by atoms with Crippen molar-refractivity contribution in [2.75, 3.05) is 14.1 Å². The Kier molecular flexibility index (Phi) is 9.22. The van der Waals surface area contributed by atoms with Crippen molar-refractivity contribution in [1.29, 1.82) is 0 Å². The van der Waals surface area contributed by atoms with E-state index in [1.54, 1.807) is 0 Å². The fourth-order valence-electron chi connectivity index (χ4n) is 5.15. The monoisotopic (exact) mass is 445 g/mol. The number of hydrogen-bond acceptors (Lipinski definition) is 1. The van der Waals surface area contributed by atoms with Gasteiger partial charge in [-0.05, 0) is 68.5 Å². The van der Waals surface area contributed by atoms with Crippen LogP contribution in [-0.4, -0.2) is 25.2 Å². The summed E-state index contributed by atoms with van der Waals surface area (Å²) >= 11 is 0. The molecule has 0 N–H and O–H groups in total. The van der Waals surface area contributed by atoms with Gasteiger partial charge in [0.1, 0.15) is 0 Å². The van der Waals surface area contributed by atoms with Crippen LogP contribution in [0.3, 0.4) is 0 Å². The van der Waals surface area contributed by atoms with E-state index in [9.17, 15) is 13.2 Å². The number of benzene rings is 2. The Hall–Kier alpha value is -1.81. The topological polar surface area (TPSA) is 3.24 Å². The van der Waals surface area contributed by atoms with Crippen LogP contribution in [0.25, 0.3) is 0 Å². The maximum Gasteiger partial charge on any atom is 0.389 e. The Morgan fingerprint density at radius 3 is 2.12 bits per heavy atom. The summed E-state index contributed by atoms with van der Waals surface area (Å²) in [6.07, 6.45) is 5.16. The van der Waals surface area contributed by atoms with Crippen molar-refractivity contribution in [3.63, 3.8) is 0 Å². The lowest BCUT2D eigenvalue weighted by atomic mass is 9.76. The van der Waals surface area contributed by atoms with E-state index in [0.717, 1.165) is 38.5 Å². The summed E-state index contributed by atoms with van der Waals surface area (Å²) in [6.45, 7) is 0. The second-order valence-electron chi connectivity index (χ2n) is 9.57. The number of rotatable bonds is 11. The molecule has 4 heteroatoms. The third kappa shape index (κ3) is 7.37. The maximum atomic E-state index is 12.2. The number of fused-ring (bicyclic) bond motifs is 1. The molecule has 0 saturated carbocycles. The maximum absolute atomic E-state index is 12.2. The minimum Gasteiger partial charge on any atom is -0.302 e. The first kappa shape index (κ1) is 24.8. The summed E-state index contributed by atoms with van der Waals surface area (Å²) in [4.78, 5) is 2.34. The van der Waals surface area contributed by atoms with Crippen molar-refractivity contribution in [3.8, 4) is 0 Å². The fraction of sp³-hybridized carbons (Fsp3) is 0.571. The molecule has 0 heterocycles. The zero-order valence-electron chi connectivity index (χ0n) is 19.6. The average Bonchev–Trinajstić information content (AvgIpc) is 2.76. The first-order valence-electron chi connectivity index (χ1n) is 12.3. The van der Waals surface area contributed by atoms with Crippen LogP contribution in [0.4, 0.5) is 13.2 Å². The van der Waals surface area contributed by atoms with Crippen LogP contribution in [-0.2, 0) is 6.42 Å². The molecule has 32 heavy (non-hydrogen) atoms. The van der Waals surface area contributed by atoms with E-state index in [-0.39, 0.29) is 6.42 Å². The third-order valence-corrected chi connectivity index (χ3v) is 6.86. The summed E-state index contributed by atoms with van der Waals surface area (Å²) in [7, 11) is 4.34. The van der Waals surface area contributed by atoms with Gasteiger partial charge >= 0.3 is 6.18 Å². The number of aryl methyl sites for hydroxylation is 1. The number of halogens is 3. The summed E-state index contributed by atoms with van der Waals surface area (Å²) in [5.74, 6) is 0.471. The zero-order valence-corrected chi connectivity index (χ0v) is 19.6. The van der Waals surface area contributed by atoms with Gasteiger partial charge in [0.2, 0.25) is 0 Å². The highest BCUT2D eigenvalue weighted by molar-refractivity contribution is 5.42. The third-order valence-electron chi connectivity index (χ3n) is 6.86. The molecule has 1 nitrogen and oxygen atoms in total. The van der Waals surface area contributed by atoms with Crippen molar-refractivity contribution < 1.29 is 13.2 Å². The van der Waals surface area contributed by atoms with Crippen molar-refractivity contribution in [3.05, 3.63) is 70.8 Å². The normalized spacial score (nSPS) is 18.7. The van der Waals surface area contributed by atoms with Gasteiger partial charge in [0.15, 0.2) is 0 Å². The molecule has 0 spiro atoms. The first-order valence-corrected chi connectivity index (χ1v) is 12.3. The molecule has 0 fully saturated rings. The Labute approximate surface area is 192 Å². The van der Waals surface area contributed by atoms with Crippen molar-refractivity contribution in [1.82, 2.24) is 4.90 Å². The van der Waals surface area contributed by atoms with Gasteiger partial charge in [0.25, 0.3) is 0 Å². The Balaban J connectivity index is 1.46. The highest BCUT2D eigenvalue weighted by Gasteiger charge is 2.29. The lowest BCUT2D eigenvalue weighted by Gasteiger charge is -2.35. The fourth-order valence-corrected chi connectivity index (χ4v) is 5.15. The predicted molar refractivity (Wildman–Crippen MR) is 127 cm³/mol. The van der Waals surface area contributed by atoms with Gasteiger partial charge in [-0.2, -0.15) is 13.2 Å². The van der Waals surface area contributed by atoms with Gasteiger partial charge in [0.05, 0.1) is 0 Å². The van der Waals surface area contributed by atoms with Gasteiger partial charge in [-0.25, -0.2) is 0 Å². The zero-order chi connectivity index (χ0) is 23.0. The SMILES string of the molecule is CN(C)C1CCC(c2cccc(CCCCCCCCCC(F)(F)F)c2)c2ccccc21. The second kappa shape index (κ2) is 11.9. The van der Waals surface area contributed by atoms with Crippen LogP contribution in [0.5, 0.6) is 0 Å². The lowest BCUT2D eigenvalue weighted by Crippen LogP contribution is -2.26. The smallest absolute Gasteiger partial charge is 0.302 e. The quantitative estimate of drug-likeness (QED) is 0.314. The minimum atomic E-state index is -4.00. The number of alkyl halides is 3. The molecule has 2 atom stereocenters. The molecule has 3 rings (SSSR count). The average molecular weight is 446 g/mol. The molecule has 0 aromatic heterocycles. The molecule has 1 aliphatic rings. The van der Waals surface area contributed by atoms with Crippen LogP contribution in [0, 0.1) is 0 Å². The van der Waals surface area contributed by atoms with Crippen LogP contribution < -0.4 is 0 Å². The molecule has 0 aliphatic heterocycles. The summed E-state index contributed by atoms with van der Waals surface area (Å²) < 4.78 is 36.5. The van der Waals surface area contributed by atoms with E-state index in [1.165, 1.54) is 35.1 Å². The van der Waals surface area contributed by atoms with Crippen molar-refractivity contribution >= 4 is 0 Å². The Bertz CT molecular complexity index is 827. The van der Waals surface area contributed by atoms with Gasteiger partial charge in [-0.15, -0.1) is 0 Å². The van der Waals surface area contributed by atoms with Crippen LogP contribution in [0.1, 0.15) is 98.4 Å². The second-order valence-corrected chi connectivity index (χ2v) is 9.57. The summed E-state index contributed by atoms with van der Waals surface area (Å²) in [5, 5.41) is 0. The summed E-state index contributed by atoms with van der Waals surface area (Å²) in [6, 6.07) is 18.5. The Morgan fingerprint density at radius 2 is 1.44 bits per heavy atom. The van der Waals surface area contributed by atoms with E-state index in [2.05, 4.69) is 67.5 Å². The van der Waals surface area contributed by atoms with Gasteiger partial charge in [-0.1, -0.05) is 80.6 Å². The molecule has 2 unspecified atom stereocenters. The molecule has 176 valence electrons. The predicted octanol–water partition coefficient (Wildman–Crippen LogP) is 8.44. The van der Waals surface area contributed by atoms with E-state index >= 15 is 0 Å².